The fourth-order valence-corrected chi connectivity index (χ4v) is 2.76. The van der Waals surface area contributed by atoms with Gasteiger partial charge in [-0.3, -0.25) is 9.69 Å². The summed E-state index contributed by atoms with van der Waals surface area (Å²) in [7, 11) is 0. The zero-order valence-electron chi connectivity index (χ0n) is 13.6. The molecule has 0 bridgehead atoms. The third kappa shape index (κ3) is 4.70. The Hall–Kier alpha value is -1.56. The summed E-state index contributed by atoms with van der Waals surface area (Å²) in [5.41, 5.74) is -0.808. The van der Waals surface area contributed by atoms with Crippen LogP contribution in [-0.4, -0.2) is 35.9 Å². The number of piperidine rings is 1. The number of ether oxygens (including phenoxy) is 1. The van der Waals surface area contributed by atoms with Crippen LogP contribution in [0.15, 0.2) is 18.2 Å². The molecule has 6 heteroatoms. The number of carbonyl (C=O) groups excluding carboxylic acids is 1. The van der Waals surface area contributed by atoms with E-state index < -0.39 is 11.7 Å². The van der Waals surface area contributed by atoms with E-state index in [-0.39, 0.29) is 23.0 Å². The highest BCUT2D eigenvalue weighted by atomic mass is 19.4. The number of alkyl halides is 3. The van der Waals surface area contributed by atoms with Crippen LogP contribution in [0, 0.1) is 0 Å². The average molecular weight is 329 g/mol. The highest BCUT2D eigenvalue weighted by Gasteiger charge is 2.32. The van der Waals surface area contributed by atoms with Crippen LogP contribution in [0.4, 0.5) is 13.2 Å². The van der Waals surface area contributed by atoms with Gasteiger partial charge in [-0.1, -0.05) is 0 Å². The second kappa shape index (κ2) is 6.51. The number of hydrogen-bond donors (Lipinski definition) is 0. The zero-order valence-corrected chi connectivity index (χ0v) is 13.6. The minimum atomic E-state index is -4.49. The topological polar surface area (TPSA) is 29.5 Å². The van der Waals surface area contributed by atoms with Crippen molar-refractivity contribution in [3.8, 4) is 5.75 Å². The molecule has 1 heterocycles. The molecular formula is C17H22F3NO2. The predicted octanol–water partition coefficient (Wildman–Crippen LogP) is 4.16. The molecular weight excluding hydrogens is 307 g/mol. The summed E-state index contributed by atoms with van der Waals surface area (Å²) in [5, 5.41) is 0. The SMILES string of the molecule is CC(C)(C)N1CCC(Oc2cc(C=O)cc(C(F)(F)F)c2)CC1. The molecule has 2 rings (SSSR count). The van der Waals surface area contributed by atoms with E-state index in [4.69, 9.17) is 4.74 Å². The van der Waals surface area contributed by atoms with Gasteiger partial charge in [0.05, 0.1) is 5.56 Å². The monoisotopic (exact) mass is 329 g/mol. The number of likely N-dealkylation sites (tertiary alicyclic amines) is 1. The standard InChI is InChI=1S/C17H22F3NO2/c1-16(2,3)21-6-4-14(5-7-21)23-15-9-12(11-22)8-13(10-15)17(18,19)20/h8-11,14H,4-7H2,1-3H3. The number of aldehydes is 1. The van der Waals surface area contributed by atoms with Crippen LogP contribution in [0.3, 0.4) is 0 Å². The molecule has 23 heavy (non-hydrogen) atoms. The van der Waals surface area contributed by atoms with Gasteiger partial charge in [0.1, 0.15) is 18.1 Å². The van der Waals surface area contributed by atoms with Gasteiger partial charge in [-0.05, 0) is 51.8 Å². The highest BCUT2D eigenvalue weighted by molar-refractivity contribution is 5.76. The summed E-state index contributed by atoms with van der Waals surface area (Å²) >= 11 is 0. The van der Waals surface area contributed by atoms with Crippen LogP contribution >= 0.6 is 0 Å². The third-order valence-corrected chi connectivity index (χ3v) is 4.09. The summed E-state index contributed by atoms with van der Waals surface area (Å²) in [5.74, 6) is 0.108. The lowest BCUT2D eigenvalue weighted by Gasteiger charge is -2.40. The predicted molar refractivity (Wildman–Crippen MR) is 81.8 cm³/mol. The van der Waals surface area contributed by atoms with Crippen LogP contribution < -0.4 is 4.74 Å². The van der Waals surface area contributed by atoms with Crippen LogP contribution in [0.25, 0.3) is 0 Å². The molecule has 0 aliphatic carbocycles. The number of hydrogen-bond acceptors (Lipinski definition) is 3. The quantitative estimate of drug-likeness (QED) is 0.780. The van der Waals surface area contributed by atoms with E-state index in [0.717, 1.165) is 38.1 Å². The minimum absolute atomic E-state index is 0.0260. The Kier molecular flexibility index (Phi) is 5.04. The second-order valence-electron chi connectivity index (χ2n) is 6.88. The van der Waals surface area contributed by atoms with E-state index in [1.807, 2.05) is 0 Å². The van der Waals surface area contributed by atoms with E-state index in [9.17, 15) is 18.0 Å². The van der Waals surface area contributed by atoms with E-state index in [1.54, 1.807) is 0 Å². The first-order chi connectivity index (χ1) is 10.6. The molecule has 128 valence electrons. The van der Waals surface area contributed by atoms with Crippen LogP contribution in [0.1, 0.15) is 49.5 Å². The lowest BCUT2D eigenvalue weighted by Crippen LogP contribution is -2.48. The lowest BCUT2D eigenvalue weighted by atomic mass is 9.99. The maximum absolute atomic E-state index is 12.9. The molecule has 1 aromatic carbocycles. The molecule has 1 aliphatic rings. The molecule has 0 amide bonds. The molecule has 1 fully saturated rings. The Morgan fingerprint density at radius 2 is 1.74 bits per heavy atom. The molecule has 0 aromatic heterocycles. The molecule has 1 saturated heterocycles. The van der Waals surface area contributed by atoms with Crippen molar-refractivity contribution in [3.63, 3.8) is 0 Å². The zero-order chi connectivity index (χ0) is 17.3. The van der Waals surface area contributed by atoms with E-state index in [1.165, 1.54) is 6.07 Å². The Morgan fingerprint density at radius 3 is 2.22 bits per heavy atom. The molecule has 0 spiro atoms. The van der Waals surface area contributed by atoms with Gasteiger partial charge in [-0.25, -0.2) is 0 Å². The third-order valence-electron chi connectivity index (χ3n) is 4.09. The van der Waals surface area contributed by atoms with Gasteiger partial charge in [0.2, 0.25) is 0 Å². The summed E-state index contributed by atoms with van der Waals surface area (Å²) in [4.78, 5) is 13.2. The Morgan fingerprint density at radius 1 is 1.13 bits per heavy atom. The molecule has 0 unspecified atom stereocenters. The van der Waals surface area contributed by atoms with E-state index in [2.05, 4.69) is 25.7 Å². The van der Waals surface area contributed by atoms with Crippen LogP contribution in [-0.2, 0) is 6.18 Å². The van der Waals surface area contributed by atoms with Crippen molar-refractivity contribution >= 4 is 6.29 Å². The largest absolute Gasteiger partial charge is 0.490 e. The number of rotatable bonds is 3. The maximum Gasteiger partial charge on any atom is 0.416 e. The summed E-state index contributed by atoms with van der Waals surface area (Å²) in [6, 6.07) is 3.16. The molecule has 3 nitrogen and oxygen atoms in total. The van der Waals surface area contributed by atoms with Crippen molar-refractivity contribution in [2.45, 2.75) is 51.4 Å². The van der Waals surface area contributed by atoms with Crippen molar-refractivity contribution in [1.29, 1.82) is 0 Å². The summed E-state index contributed by atoms with van der Waals surface area (Å²) < 4.78 is 44.3. The summed E-state index contributed by atoms with van der Waals surface area (Å²) in [6.07, 6.45) is -2.71. The van der Waals surface area contributed by atoms with Gasteiger partial charge in [0, 0.05) is 24.2 Å². The smallest absolute Gasteiger partial charge is 0.416 e. The van der Waals surface area contributed by atoms with Gasteiger partial charge in [-0.2, -0.15) is 13.2 Å². The molecule has 1 aromatic rings. The first-order valence-corrected chi connectivity index (χ1v) is 7.69. The van der Waals surface area contributed by atoms with Crippen molar-refractivity contribution in [3.05, 3.63) is 29.3 Å². The lowest BCUT2D eigenvalue weighted by molar-refractivity contribution is -0.137. The number of nitrogens with zero attached hydrogens (tertiary/aromatic N) is 1. The Bertz CT molecular complexity index is 556. The average Bonchev–Trinajstić information content (AvgIpc) is 2.45. The van der Waals surface area contributed by atoms with Crippen molar-refractivity contribution in [2.75, 3.05) is 13.1 Å². The van der Waals surface area contributed by atoms with Gasteiger partial charge >= 0.3 is 6.18 Å². The van der Waals surface area contributed by atoms with E-state index in [0.29, 0.717) is 6.29 Å². The van der Waals surface area contributed by atoms with Crippen molar-refractivity contribution in [1.82, 2.24) is 4.90 Å². The Balaban J connectivity index is 2.08. The van der Waals surface area contributed by atoms with Gasteiger partial charge in [0.25, 0.3) is 0 Å². The van der Waals surface area contributed by atoms with E-state index >= 15 is 0 Å². The summed E-state index contributed by atoms with van der Waals surface area (Å²) in [6.45, 7) is 8.09. The first-order valence-electron chi connectivity index (χ1n) is 7.69. The molecule has 0 saturated carbocycles. The molecule has 0 radical (unpaired) electrons. The number of carbonyl (C=O) groups is 1. The minimum Gasteiger partial charge on any atom is -0.490 e. The molecule has 1 aliphatic heterocycles. The van der Waals surface area contributed by atoms with Crippen molar-refractivity contribution < 1.29 is 22.7 Å². The van der Waals surface area contributed by atoms with Crippen LogP contribution in [0.5, 0.6) is 5.75 Å². The maximum atomic E-state index is 12.9. The van der Waals surface area contributed by atoms with Gasteiger partial charge < -0.3 is 4.74 Å². The fourth-order valence-electron chi connectivity index (χ4n) is 2.76. The fraction of sp³-hybridized carbons (Fsp3) is 0.588. The Labute approximate surface area is 134 Å². The molecule has 0 atom stereocenters. The number of benzene rings is 1. The van der Waals surface area contributed by atoms with Crippen LogP contribution in [0.2, 0.25) is 0 Å². The van der Waals surface area contributed by atoms with Gasteiger partial charge in [0.15, 0.2) is 0 Å². The van der Waals surface area contributed by atoms with Gasteiger partial charge in [-0.15, -0.1) is 0 Å². The molecule has 0 N–H and O–H groups in total. The van der Waals surface area contributed by atoms with Crippen molar-refractivity contribution in [2.24, 2.45) is 0 Å². The normalized spacial score (nSPS) is 18.0. The number of halogens is 3. The second-order valence-corrected chi connectivity index (χ2v) is 6.88. The first kappa shape index (κ1) is 17.8. The highest BCUT2D eigenvalue weighted by Crippen LogP contribution is 2.33.